The minimum Gasteiger partial charge on any atom is -0.408 e. The largest absolute Gasteiger partial charge is 0.439 e. The van der Waals surface area contributed by atoms with E-state index in [1.54, 1.807) is 6.07 Å². The van der Waals surface area contributed by atoms with E-state index >= 15 is 0 Å². The standard InChI is InChI=1S/C24H18F3N5O6/c1-30-17-7-5-11(9-18(17)37-23(30)36)31-10-14(19-28-21(34)38-29-19)20(33)32(22(31)35)16-8-6-12-13(16)3-2-4-15(12)24(25,26)27/h2-5,7,9-10,16,20,33H,6,8H2,1H3,(H,28,29,34). The summed E-state index contributed by atoms with van der Waals surface area (Å²) < 4.78 is 52.0. The van der Waals surface area contributed by atoms with E-state index in [9.17, 15) is 32.7 Å². The highest BCUT2D eigenvalue weighted by Crippen LogP contribution is 2.45. The van der Waals surface area contributed by atoms with Crippen molar-refractivity contribution >= 4 is 28.4 Å². The van der Waals surface area contributed by atoms with E-state index in [4.69, 9.17) is 4.42 Å². The summed E-state index contributed by atoms with van der Waals surface area (Å²) in [7, 11) is 1.52. The van der Waals surface area contributed by atoms with Crippen molar-refractivity contribution in [3.05, 3.63) is 86.2 Å². The zero-order valence-corrected chi connectivity index (χ0v) is 19.5. The van der Waals surface area contributed by atoms with Crippen LogP contribution < -0.4 is 16.4 Å². The fourth-order valence-corrected chi connectivity index (χ4v) is 5.13. The van der Waals surface area contributed by atoms with Gasteiger partial charge in [-0.15, -0.1) is 0 Å². The molecule has 0 fully saturated rings. The number of benzene rings is 2. The first-order valence-corrected chi connectivity index (χ1v) is 11.4. The number of oxazole rings is 1. The molecule has 2 N–H and O–H groups in total. The Morgan fingerprint density at radius 1 is 1.16 bits per heavy atom. The number of rotatable bonds is 3. The number of fused-ring (bicyclic) bond motifs is 2. The quantitative estimate of drug-likeness (QED) is 0.416. The lowest BCUT2D eigenvalue weighted by Gasteiger charge is -2.41. The van der Waals surface area contributed by atoms with Gasteiger partial charge in [0.2, 0.25) is 0 Å². The Kier molecular flexibility index (Phi) is 5.14. The molecule has 14 heteroatoms. The number of aryl methyl sites for hydroxylation is 1. The normalized spacial score (nSPS) is 19.8. The Balaban J connectivity index is 1.49. The fraction of sp³-hybridized carbons (Fsp3) is 0.250. The molecule has 1 aliphatic heterocycles. The second kappa shape index (κ2) is 8.21. The van der Waals surface area contributed by atoms with E-state index < -0.39 is 41.6 Å². The lowest BCUT2D eigenvalue weighted by Crippen LogP contribution is -2.52. The van der Waals surface area contributed by atoms with Crippen LogP contribution in [0, 0.1) is 0 Å². The number of amides is 2. The molecule has 38 heavy (non-hydrogen) atoms. The maximum absolute atomic E-state index is 13.8. The number of aromatic nitrogens is 3. The number of nitrogens with zero attached hydrogens (tertiary/aromatic N) is 4. The Hall–Kier alpha value is -4.59. The van der Waals surface area contributed by atoms with Gasteiger partial charge in [0.15, 0.2) is 17.6 Å². The predicted octanol–water partition coefficient (Wildman–Crippen LogP) is 3.12. The average Bonchev–Trinajstić information content (AvgIpc) is 3.56. The summed E-state index contributed by atoms with van der Waals surface area (Å²) in [4.78, 5) is 41.9. The molecule has 1 aliphatic carbocycles. The van der Waals surface area contributed by atoms with Crippen molar-refractivity contribution in [3.63, 3.8) is 0 Å². The Morgan fingerprint density at radius 2 is 1.95 bits per heavy atom. The van der Waals surface area contributed by atoms with Crippen LogP contribution in [0.2, 0.25) is 0 Å². The van der Waals surface area contributed by atoms with Crippen molar-refractivity contribution in [2.75, 3.05) is 4.90 Å². The van der Waals surface area contributed by atoms with Crippen molar-refractivity contribution in [2.24, 2.45) is 7.05 Å². The van der Waals surface area contributed by atoms with Gasteiger partial charge in [0.25, 0.3) is 0 Å². The average molecular weight is 529 g/mol. The van der Waals surface area contributed by atoms with Gasteiger partial charge in [-0.2, -0.15) is 13.2 Å². The molecule has 6 rings (SSSR count). The first kappa shape index (κ1) is 23.8. The Bertz CT molecular complexity index is 1750. The van der Waals surface area contributed by atoms with Crippen LogP contribution in [0.15, 0.2) is 61.1 Å². The molecule has 0 radical (unpaired) electrons. The van der Waals surface area contributed by atoms with Gasteiger partial charge in [-0.25, -0.2) is 14.4 Å². The molecular weight excluding hydrogens is 511 g/mol. The van der Waals surface area contributed by atoms with Crippen molar-refractivity contribution in [1.82, 2.24) is 19.6 Å². The minimum absolute atomic E-state index is 0.0349. The monoisotopic (exact) mass is 529 g/mol. The van der Waals surface area contributed by atoms with Crippen LogP contribution in [0.4, 0.5) is 23.7 Å². The van der Waals surface area contributed by atoms with Gasteiger partial charge in [0.05, 0.1) is 28.4 Å². The van der Waals surface area contributed by atoms with Crippen LogP contribution in [0.1, 0.15) is 35.0 Å². The maximum atomic E-state index is 13.8. The third-order valence-electron chi connectivity index (χ3n) is 6.88. The topological polar surface area (TPSA) is 138 Å². The third-order valence-corrected chi connectivity index (χ3v) is 6.88. The van der Waals surface area contributed by atoms with E-state index in [-0.39, 0.29) is 46.6 Å². The van der Waals surface area contributed by atoms with Crippen molar-refractivity contribution in [1.29, 1.82) is 0 Å². The van der Waals surface area contributed by atoms with E-state index in [1.807, 2.05) is 0 Å². The SMILES string of the molecule is Cn1c(=O)oc2cc(N3C=C(c4noc(=O)[nH]4)C(O)N(C4CCc5c4cccc5C(F)(F)F)C3=O)ccc21. The lowest BCUT2D eigenvalue weighted by molar-refractivity contribution is -0.138. The molecule has 2 unspecified atom stereocenters. The molecular formula is C24H18F3N5O6. The zero-order chi connectivity index (χ0) is 26.9. The number of carbonyl (C=O) groups is 1. The molecule has 2 aromatic heterocycles. The third kappa shape index (κ3) is 3.55. The van der Waals surface area contributed by atoms with Crippen LogP contribution in [0.5, 0.6) is 0 Å². The number of halogens is 3. The molecule has 2 amide bonds. The second-order valence-electron chi connectivity index (χ2n) is 8.97. The van der Waals surface area contributed by atoms with Crippen molar-refractivity contribution in [3.8, 4) is 0 Å². The summed E-state index contributed by atoms with van der Waals surface area (Å²) in [6.45, 7) is 0. The number of urea groups is 1. The molecule has 4 aromatic rings. The number of H-pyrrole nitrogens is 1. The molecule has 2 aromatic carbocycles. The summed E-state index contributed by atoms with van der Waals surface area (Å²) in [6, 6.07) is 6.60. The van der Waals surface area contributed by atoms with Gasteiger partial charge in [-0.1, -0.05) is 17.3 Å². The molecule has 196 valence electrons. The lowest BCUT2D eigenvalue weighted by atomic mass is 10.00. The highest BCUT2D eigenvalue weighted by molar-refractivity contribution is 6.00. The molecule has 0 saturated heterocycles. The molecule has 2 atom stereocenters. The maximum Gasteiger partial charge on any atom is 0.439 e. The minimum atomic E-state index is -4.59. The molecule has 0 spiro atoms. The number of aliphatic hydroxyl groups excluding tert-OH is 1. The molecule has 2 aliphatic rings. The highest BCUT2D eigenvalue weighted by atomic mass is 19.4. The van der Waals surface area contributed by atoms with Gasteiger partial charge in [0.1, 0.15) is 0 Å². The van der Waals surface area contributed by atoms with E-state index in [1.165, 1.54) is 42.1 Å². The zero-order valence-electron chi connectivity index (χ0n) is 19.5. The predicted molar refractivity (Wildman–Crippen MR) is 125 cm³/mol. The summed E-state index contributed by atoms with van der Waals surface area (Å²) in [6.07, 6.45) is -4.87. The summed E-state index contributed by atoms with van der Waals surface area (Å²) in [5.41, 5.74) is 0.363. The summed E-state index contributed by atoms with van der Waals surface area (Å²) in [5.74, 6) is -1.69. The number of anilines is 1. The highest BCUT2D eigenvalue weighted by Gasteiger charge is 2.45. The number of alkyl halides is 3. The first-order valence-electron chi connectivity index (χ1n) is 11.4. The second-order valence-corrected chi connectivity index (χ2v) is 8.97. The summed E-state index contributed by atoms with van der Waals surface area (Å²) in [5, 5.41) is 14.9. The molecule has 0 saturated carbocycles. The van der Waals surface area contributed by atoms with Gasteiger partial charge < -0.3 is 9.52 Å². The van der Waals surface area contributed by atoms with E-state index in [0.29, 0.717) is 5.52 Å². The number of aromatic amines is 1. The number of hydrogen-bond acceptors (Lipinski definition) is 7. The van der Waals surface area contributed by atoms with Crippen molar-refractivity contribution < 1.29 is 32.0 Å². The first-order chi connectivity index (χ1) is 18.0. The van der Waals surface area contributed by atoms with Crippen LogP contribution in [-0.2, 0) is 19.6 Å². The van der Waals surface area contributed by atoms with Crippen LogP contribution in [0.3, 0.4) is 0 Å². The molecule has 11 nitrogen and oxygen atoms in total. The number of aliphatic hydroxyl groups is 1. The summed E-state index contributed by atoms with van der Waals surface area (Å²) >= 11 is 0. The van der Waals surface area contributed by atoms with Crippen LogP contribution >= 0.6 is 0 Å². The molecule has 3 heterocycles. The number of hydrogen-bond donors (Lipinski definition) is 2. The van der Waals surface area contributed by atoms with E-state index in [0.717, 1.165) is 15.9 Å². The van der Waals surface area contributed by atoms with Crippen LogP contribution in [0.25, 0.3) is 16.7 Å². The Labute approximate surface area is 210 Å². The number of nitrogens with one attached hydrogen (secondary N) is 1. The smallest absolute Gasteiger partial charge is 0.408 e. The Morgan fingerprint density at radius 3 is 2.66 bits per heavy atom. The van der Waals surface area contributed by atoms with Crippen LogP contribution in [-0.4, -0.2) is 37.0 Å². The fourth-order valence-electron chi connectivity index (χ4n) is 5.13. The van der Waals surface area contributed by atoms with Gasteiger partial charge in [0, 0.05) is 19.3 Å². The number of carbonyl (C=O) groups excluding carboxylic acids is 1. The van der Waals surface area contributed by atoms with Gasteiger partial charge in [-0.3, -0.25) is 23.9 Å². The van der Waals surface area contributed by atoms with E-state index in [2.05, 4.69) is 14.7 Å². The van der Waals surface area contributed by atoms with Gasteiger partial charge in [-0.05, 0) is 42.2 Å². The van der Waals surface area contributed by atoms with Crippen molar-refractivity contribution in [2.45, 2.75) is 31.3 Å². The molecule has 0 bridgehead atoms. The van der Waals surface area contributed by atoms with Gasteiger partial charge >= 0.3 is 23.7 Å².